The van der Waals surface area contributed by atoms with Crippen LogP contribution in [0.1, 0.15) is 271 Å². The Balaban J connectivity index is 4.26. The lowest BCUT2D eigenvalue weighted by Gasteiger charge is -2.25. The zero-order valence-corrected chi connectivity index (χ0v) is 57.5. The number of hydrogen-bond donors (Lipinski definition) is 1. The summed E-state index contributed by atoms with van der Waals surface area (Å²) in [5, 5.41) is 9.74. The van der Waals surface area contributed by atoms with Crippen molar-refractivity contribution in [2.75, 3.05) is 47.5 Å². The predicted molar refractivity (Wildman–Crippen MR) is 382 cm³/mol. The fraction of sp³-hybridized carbons (Fsp3) is 0.637. The Morgan fingerprint density at radius 3 is 0.989 bits per heavy atom. The van der Waals surface area contributed by atoms with Crippen LogP contribution in [-0.2, 0) is 33.3 Å². The molecular weight excluding hydrogens is 1100 g/mol. The molecule has 0 aromatic heterocycles. The van der Waals surface area contributed by atoms with Crippen molar-refractivity contribution < 1.29 is 42.9 Å². The molecule has 0 heterocycles. The minimum atomic E-state index is -1.53. The van der Waals surface area contributed by atoms with Crippen molar-refractivity contribution in [3.05, 3.63) is 158 Å². The molecule has 0 spiro atoms. The van der Waals surface area contributed by atoms with Gasteiger partial charge in [-0.2, -0.15) is 0 Å². The van der Waals surface area contributed by atoms with Crippen molar-refractivity contribution >= 4 is 17.9 Å². The Bertz CT molecular complexity index is 2020. The summed E-state index contributed by atoms with van der Waals surface area (Å²) in [5.74, 6) is -2.07. The second kappa shape index (κ2) is 68.8. The van der Waals surface area contributed by atoms with E-state index < -0.39 is 24.3 Å². The fourth-order valence-corrected chi connectivity index (χ4v) is 9.34. The molecule has 0 fully saturated rings. The topological polar surface area (TPSA) is 108 Å². The summed E-state index contributed by atoms with van der Waals surface area (Å²) >= 11 is 0. The molecule has 0 aliphatic carbocycles. The number of quaternary nitrogens is 1. The monoisotopic (exact) mass is 1230 g/mol. The number of carboxylic acids is 1. The molecule has 0 radical (unpaired) electrons. The van der Waals surface area contributed by atoms with Crippen molar-refractivity contribution in [1.29, 1.82) is 0 Å². The third-order valence-corrected chi connectivity index (χ3v) is 14.8. The van der Waals surface area contributed by atoms with E-state index in [-0.39, 0.29) is 38.6 Å². The van der Waals surface area contributed by atoms with Crippen LogP contribution in [-0.4, -0.2) is 87.4 Å². The summed E-state index contributed by atoms with van der Waals surface area (Å²) in [7, 11) is 5.95. The SMILES string of the molecule is CC/C=C\C/C=C\C/C=C\C/C=C\C/C=C\C/C=C\C/C=C\C/C=C\C/C=C\C/C=C\C/C=C\C/C=C\CCCCC(=O)OC(COC(=O)CCCCCCCCCCCCCCC/C=C\CCCCCCCCCC)COC(OCC[N+](C)(C)C)C(=O)O. The average Bonchev–Trinajstić information content (AvgIpc) is 3.64. The van der Waals surface area contributed by atoms with Crippen LogP contribution in [0.25, 0.3) is 0 Å². The van der Waals surface area contributed by atoms with Crippen molar-refractivity contribution in [2.45, 2.75) is 283 Å². The molecule has 0 aliphatic rings. The number of likely N-dealkylation sites (N-methyl/N-ethyl adjacent to an activating group) is 1. The van der Waals surface area contributed by atoms with Gasteiger partial charge in [0.15, 0.2) is 6.10 Å². The van der Waals surface area contributed by atoms with E-state index in [4.69, 9.17) is 18.9 Å². The molecule has 2 atom stereocenters. The summed E-state index contributed by atoms with van der Waals surface area (Å²) in [6, 6.07) is 0. The molecule has 9 nitrogen and oxygen atoms in total. The fourth-order valence-electron chi connectivity index (χ4n) is 9.34. The molecule has 0 rings (SSSR count). The van der Waals surface area contributed by atoms with E-state index >= 15 is 0 Å². The van der Waals surface area contributed by atoms with Crippen LogP contribution in [0.2, 0.25) is 0 Å². The summed E-state index contributed by atoms with van der Waals surface area (Å²) in [6.07, 6.45) is 99.3. The lowest BCUT2D eigenvalue weighted by molar-refractivity contribution is -0.870. The van der Waals surface area contributed by atoms with Gasteiger partial charge < -0.3 is 28.5 Å². The molecule has 0 saturated heterocycles. The lowest BCUT2D eigenvalue weighted by Crippen LogP contribution is -2.40. The van der Waals surface area contributed by atoms with E-state index in [1.165, 1.54) is 128 Å². The van der Waals surface area contributed by atoms with Crippen LogP contribution in [0.5, 0.6) is 0 Å². The van der Waals surface area contributed by atoms with E-state index in [1.54, 1.807) is 0 Å². The minimum absolute atomic E-state index is 0.171. The second-order valence-electron chi connectivity index (χ2n) is 24.5. The molecule has 0 amide bonds. The van der Waals surface area contributed by atoms with Crippen LogP contribution < -0.4 is 0 Å². The Morgan fingerprint density at radius 1 is 0.348 bits per heavy atom. The number of carbonyl (C=O) groups is 3. The molecule has 1 N–H and O–H groups in total. The van der Waals surface area contributed by atoms with E-state index in [9.17, 15) is 19.5 Å². The number of ether oxygens (including phenoxy) is 4. The van der Waals surface area contributed by atoms with Gasteiger partial charge in [-0.15, -0.1) is 0 Å². The first kappa shape index (κ1) is 83.9. The van der Waals surface area contributed by atoms with E-state index in [0.717, 1.165) is 109 Å². The highest BCUT2D eigenvalue weighted by Crippen LogP contribution is 2.16. The maximum Gasteiger partial charge on any atom is 0.361 e. The van der Waals surface area contributed by atoms with Gasteiger partial charge in [-0.05, 0) is 128 Å². The number of hydrogen-bond acceptors (Lipinski definition) is 7. The Labute approximate surface area is 546 Å². The molecular formula is C80H132NO8+. The number of nitrogens with zero attached hydrogens (tertiary/aromatic N) is 1. The number of unbranched alkanes of at least 4 members (excludes halogenated alkanes) is 23. The molecule has 9 heteroatoms. The Hall–Kier alpha value is -5.09. The van der Waals surface area contributed by atoms with Crippen LogP contribution >= 0.6 is 0 Å². The van der Waals surface area contributed by atoms with Gasteiger partial charge in [0.05, 0.1) is 34.4 Å². The second-order valence-corrected chi connectivity index (χ2v) is 24.5. The third kappa shape index (κ3) is 70.2. The Kier molecular flexibility index (Phi) is 64.9. The zero-order valence-electron chi connectivity index (χ0n) is 57.5. The van der Waals surface area contributed by atoms with Crippen molar-refractivity contribution in [2.24, 2.45) is 0 Å². The van der Waals surface area contributed by atoms with Crippen LogP contribution in [0.4, 0.5) is 0 Å². The maximum atomic E-state index is 12.9. The van der Waals surface area contributed by atoms with Crippen molar-refractivity contribution in [1.82, 2.24) is 0 Å². The summed E-state index contributed by atoms with van der Waals surface area (Å²) < 4.78 is 22.9. The number of carbonyl (C=O) groups excluding carboxylic acids is 2. The molecule has 0 aromatic rings. The van der Waals surface area contributed by atoms with E-state index in [0.29, 0.717) is 17.4 Å². The minimum Gasteiger partial charge on any atom is -0.477 e. The standard InChI is InChI=1S/C80H131NO8/c1-6-8-10-12-14-16-18-20-22-24-26-28-30-32-33-34-35-36-37-38-39-40-41-42-43-44-45-47-49-51-53-55-57-59-61-63-65-67-69-71-78(83)89-76(75-88-80(79(84)85)86-73-72-81(3,4)5)74-87-77(82)70-68-66-64-62-60-58-56-54-52-50-48-46-31-29-27-25-23-21-19-17-15-13-11-9-7-2/h8,10,14,16,20,22,25-28,32-33,35-36,38-39,41-42,44-45,49,51,55,57,61,63,76,80H,6-7,9,11-13,15,17-19,21,23-24,29-31,34,37,40,43,46-48,50,52-54,56,58-60,62,64-75H2,1-5H3/p+1/b10-8-,16-14-,22-20-,27-25-,28-26-,33-32-,36-35-,39-38-,42-41-,45-44-,51-49-,57-55-,63-61-. The molecule has 504 valence electrons. The average molecular weight is 1240 g/mol. The third-order valence-electron chi connectivity index (χ3n) is 14.8. The van der Waals surface area contributed by atoms with Gasteiger partial charge in [0.2, 0.25) is 0 Å². The van der Waals surface area contributed by atoms with Gasteiger partial charge in [-0.1, -0.05) is 287 Å². The number of carboxylic acid groups (broad SMARTS) is 1. The lowest BCUT2D eigenvalue weighted by atomic mass is 10.0. The summed E-state index contributed by atoms with van der Waals surface area (Å²) in [4.78, 5) is 37.6. The highest BCUT2D eigenvalue weighted by Gasteiger charge is 2.25. The number of aliphatic carboxylic acids is 1. The van der Waals surface area contributed by atoms with Crippen molar-refractivity contribution in [3.8, 4) is 0 Å². The van der Waals surface area contributed by atoms with Crippen LogP contribution in [0, 0.1) is 0 Å². The van der Waals surface area contributed by atoms with E-state index in [1.807, 2.05) is 21.1 Å². The molecule has 0 bridgehead atoms. The Morgan fingerprint density at radius 2 is 0.640 bits per heavy atom. The van der Waals surface area contributed by atoms with Gasteiger partial charge in [-0.3, -0.25) is 9.59 Å². The first-order valence-corrected chi connectivity index (χ1v) is 35.6. The van der Waals surface area contributed by atoms with Gasteiger partial charge in [0, 0.05) is 12.8 Å². The first-order chi connectivity index (χ1) is 43.6. The number of rotatable bonds is 64. The normalized spacial score (nSPS) is 13.7. The number of allylic oxidation sites excluding steroid dienone is 26. The number of esters is 2. The van der Waals surface area contributed by atoms with Gasteiger partial charge in [0.1, 0.15) is 13.2 Å². The van der Waals surface area contributed by atoms with Gasteiger partial charge in [0.25, 0.3) is 6.29 Å². The first-order valence-electron chi connectivity index (χ1n) is 35.6. The summed E-state index contributed by atoms with van der Waals surface area (Å²) in [6.45, 7) is 4.71. The van der Waals surface area contributed by atoms with Gasteiger partial charge >= 0.3 is 17.9 Å². The highest BCUT2D eigenvalue weighted by atomic mass is 16.7. The predicted octanol–water partition coefficient (Wildman–Crippen LogP) is 22.5. The van der Waals surface area contributed by atoms with Gasteiger partial charge in [-0.25, -0.2) is 4.79 Å². The maximum absolute atomic E-state index is 12.9. The zero-order chi connectivity index (χ0) is 64.7. The molecule has 0 aromatic carbocycles. The van der Waals surface area contributed by atoms with Crippen LogP contribution in [0.3, 0.4) is 0 Å². The summed E-state index contributed by atoms with van der Waals surface area (Å²) in [5.41, 5.74) is 0. The molecule has 89 heavy (non-hydrogen) atoms. The van der Waals surface area contributed by atoms with Crippen molar-refractivity contribution in [3.63, 3.8) is 0 Å². The smallest absolute Gasteiger partial charge is 0.361 e. The molecule has 2 unspecified atom stereocenters. The molecule has 0 saturated carbocycles. The van der Waals surface area contributed by atoms with Crippen LogP contribution in [0.15, 0.2) is 158 Å². The largest absolute Gasteiger partial charge is 0.477 e. The highest BCUT2D eigenvalue weighted by molar-refractivity contribution is 5.71. The van der Waals surface area contributed by atoms with E-state index in [2.05, 4.69) is 172 Å². The quantitative estimate of drug-likeness (QED) is 0.0211. The molecule has 0 aliphatic heterocycles.